The van der Waals surface area contributed by atoms with Gasteiger partial charge in [-0.05, 0) is 112 Å². The maximum atomic E-state index is 13.5. The summed E-state index contributed by atoms with van der Waals surface area (Å²) < 4.78 is 2.38. The normalized spacial score (nSPS) is 14.5. The number of carbonyl (C=O) groups is 1. The molecule has 0 amide bonds. The number of ketones is 1. The summed E-state index contributed by atoms with van der Waals surface area (Å²) in [5, 5.41) is 13.5. The molecule has 0 aromatic heterocycles. The van der Waals surface area contributed by atoms with Gasteiger partial charge in [0.05, 0.1) is 0 Å². The van der Waals surface area contributed by atoms with Crippen molar-refractivity contribution in [3.05, 3.63) is 129 Å². The molecule has 0 N–H and O–H groups in total. The minimum atomic E-state index is -0.177. The van der Waals surface area contributed by atoms with E-state index in [1.165, 1.54) is 39.2 Å². The van der Waals surface area contributed by atoms with Crippen molar-refractivity contribution in [2.45, 2.75) is 75.2 Å². The van der Waals surface area contributed by atoms with Gasteiger partial charge in [0.15, 0.2) is 5.78 Å². The third kappa shape index (κ3) is 7.27. The zero-order valence-corrected chi connectivity index (χ0v) is 29.7. The van der Waals surface area contributed by atoms with Crippen molar-refractivity contribution >= 4 is 34.1 Å². The first-order valence-electron chi connectivity index (χ1n) is 17.1. The first-order valence-corrected chi connectivity index (χ1v) is 17.1. The van der Waals surface area contributed by atoms with Crippen LogP contribution in [0.4, 0.5) is 17.1 Å². The molecule has 4 heteroatoms. The topological polar surface area (TPSA) is 46.4 Å². The van der Waals surface area contributed by atoms with Crippen LogP contribution in [0.2, 0.25) is 0 Å². The van der Waals surface area contributed by atoms with Crippen LogP contribution in [-0.2, 0) is 4.79 Å². The average molecular weight is 627 g/mol. The monoisotopic (exact) mass is 626 g/mol. The number of anilines is 2. The van der Waals surface area contributed by atoms with Gasteiger partial charge < -0.3 is 10.0 Å². The van der Waals surface area contributed by atoms with Crippen LogP contribution in [0.25, 0.3) is 5.57 Å². The molecule has 0 atom stereocenters. The standard InChI is InChI=1S/C43H50N2O2/c1-27(2)20-22-44(38-19-10-29(5)24-31(38)7)36-15-11-34(12-16-36)39-42(46)40(43(39)47)35-13-17-37(18-14-35)45(23-21-28(3)4)41-32(8)25-30(6)26-33(41)9/h10-19,24-28H,20-23H2,1-9H3. The van der Waals surface area contributed by atoms with Gasteiger partial charge in [-0.2, -0.15) is 4.58 Å². The van der Waals surface area contributed by atoms with Crippen LogP contribution >= 0.6 is 0 Å². The van der Waals surface area contributed by atoms with Gasteiger partial charge in [0.25, 0.3) is 0 Å². The Morgan fingerprint density at radius 2 is 1.30 bits per heavy atom. The predicted octanol–water partition coefficient (Wildman–Crippen LogP) is 9.32. The van der Waals surface area contributed by atoms with Gasteiger partial charge in [0.1, 0.15) is 6.54 Å². The third-order valence-corrected chi connectivity index (χ3v) is 9.25. The van der Waals surface area contributed by atoms with Gasteiger partial charge in [-0.15, -0.1) is 0 Å². The Bertz CT molecular complexity index is 1800. The fourth-order valence-electron chi connectivity index (χ4n) is 6.77. The summed E-state index contributed by atoms with van der Waals surface area (Å²) in [6, 6.07) is 18.9. The molecule has 0 unspecified atom stereocenters. The van der Waals surface area contributed by atoms with E-state index < -0.39 is 0 Å². The summed E-state index contributed by atoms with van der Waals surface area (Å²) in [7, 11) is 0. The maximum Gasteiger partial charge on any atom is 0.211 e. The number of nitrogens with zero attached hydrogens (tertiary/aromatic N) is 2. The number of carbonyl (C=O) groups excluding carboxylic acids is 1. The SMILES string of the molecule is Cc1ccc(N(CCC(C)C)c2ccc(C3=C([O-])C(=C4C=CC(=[N+](CCC(C)C)c5c(C)cc(C)cc5C)C=C4)C3=O)cc2)c(C)c1. The minimum absolute atomic E-state index is 0.177. The molecule has 0 spiro atoms. The van der Waals surface area contributed by atoms with Gasteiger partial charge in [0.2, 0.25) is 11.4 Å². The molecule has 0 saturated carbocycles. The van der Waals surface area contributed by atoms with E-state index in [1.54, 1.807) is 0 Å². The van der Waals surface area contributed by atoms with Crippen molar-refractivity contribution in [1.82, 2.24) is 0 Å². The largest absolute Gasteiger partial charge is 0.871 e. The second-order valence-electron chi connectivity index (χ2n) is 14.2. The Morgan fingerprint density at radius 3 is 1.85 bits per heavy atom. The van der Waals surface area contributed by atoms with Gasteiger partial charge in [0, 0.05) is 58.8 Å². The highest BCUT2D eigenvalue weighted by Crippen LogP contribution is 2.39. The highest BCUT2D eigenvalue weighted by Gasteiger charge is 2.31. The van der Waals surface area contributed by atoms with Crippen LogP contribution in [0, 0.1) is 46.5 Å². The lowest BCUT2D eigenvalue weighted by Gasteiger charge is -2.33. The number of hydrogen-bond donors (Lipinski definition) is 0. The number of hydrogen-bond acceptors (Lipinski definition) is 3. The first-order chi connectivity index (χ1) is 22.3. The van der Waals surface area contributed by atoms with Crippen LogP contribution in [0.15, 0.2) is 95.8 Å². The van der Waals surface area contributed by atoms with Crippen molar-refractivity contribution in [3.8, 4) is 0 Å². The van der Waals surface area contributed by atoms with E-state index in [0.29, 0.717) is 23.0 Å². The second-order valence-corrected chi connectivity index (χ2v) is 14.2. The van der Waals surface area contributed by atoms with Gasteiger partial charge in [-0.25, -0.2) is 0 Å². The summed E-state index contributed by atoms with van der Waals surface area (Å²) in [6.45, 7) is 21.5. The predicted molar refractivity (Wildman–Crippen MR) is 196 cm³/mol. The molecule has 0 heterocycles. The molecule has 244 valence electrons. The molecular weight excluding hydrogens is 576 g/mol. The third-order valence-electron chi connectivity index (χ3n) is 9.25. The smallest absolute Gasteiger partial charge is 0.211 e. The zero-order chi connectivity index (χ0) is 34.0. The van der Waals surface area contributed by atoms with Crippen LogP contribution < -0.4 is 10.0 Å². The number of aryl methyl sites for hydroxylation is 5. The van der Waals surface area contributed by atoms with E-state index >= 15 is 0 Å². The molecule has 2 aliphatic rings. The van der Waals surface area contributed by atoms with Crippen molar-refractivity contribution in [2.24, 2.45) is 11.8 Å². The number of allylic oxidation sites excluding steroid dienone is 7. The quantitative estimate of drug-likeness (QED) is 0.166. The average Bonchev–Trinajstić information content (AvgIpc) is 3.00. The summed E-state index contributed by atoms with van der Waals surface area (Å²) >= 11 is 0. The van der Waals surface area contributed by atoms with Crippen molar-refractivity contribution < 1.29 is 14.5 Å². The first kappa shape index (κ1) is 33.9. The van der Waals surface area contributed by atoms with Crippen LogP contribution in [0.1, 0.15) is 73.9 Å². The summed E-state index contributed by atoms with van der Waals surface area (Å²) in [6.07, 6.45) is 10.1. The molecule has 0 aliphatic heterocycles. The van der Waals surface area contributed by atoms with Crippen molar-refractivity contribution in [3.63, 3.8) is 0 Å². The van der Waals surface area contributed by atoms with E-state index in [0.717, 1.165) is 37.3 Å². The van der Waals surface area contributed by atoms with Gasteiger partial charge >= 0.3 is 0 Å². The Morgan fingerprint density at radius 1 is 0.702 bits per heavy atom. The van der Waals surface area contributed by atoms with Gasteiger partial charge in [-0.3, -0.25) is 4.79 Å². The molecule has 0 saturated heterocycles. The van der Waals surface area contributed by atoms with E-state index in [-0.39, 0.29) is 22.7 Å². The highest BCUT2D eigenvalue weighted by atomic mass is 16.3. The molecule has 2 aliphatic carbocycles. The molecule has 3 aromatic carbocycles. The minimum Gasteiger partial charge on any atom is -0.871 e. The molecule has 0 fully saturated rings. The Kier molecular flexibility index (Phi) is 10.2. The molecule has 0 radical (unpaired) electrons. The number of rotatable bonds is 10. The number of Topliss-reactive ketones (excluding diaryl/α,β-unsaturated/α-hetero) is 1. The fourth-order valence-corrected chi connectivity index (χ4v) is 6.77. The molecule has 4 nitrogen and oxygen atoms in total. The van der Waals surface area contributed by atoms with Crippen LogP contribution in [0.3, 0.4) is 0 Å². The van der Waals surface area contributed by atoms with Gasteiger partial charge in [-0.1, -0.05) is 68.8 Å². The molecule has 3 aromatic rings. The summed E-state index contributed by atoms with van der Waals surface area (Å²) in [4.78, 5) is 15.8. The number of benzene rings is 3. The molecule has 5 rings (SSSR count). The summed E-state index contributed by atoms with van der Waals surface area (Å²) in [5.74, 6) is 0.790. The molecule has 47 heavy (non-hydrogen) atoms. The highest BCUT2D eigenvalue weighted by molar-refractivity contribution is 6.39. The zero-order valence-electron chi connectivity index (χ0n) is 29.7. The Hall–Kier alpha value is -4.44. The van der Waals surface area contributed by atoms with E-state index in [1.807, 2.05) is 48.6 Å². The lowest BCUT2D eigenvalue weighted by molar-refractivity contribution is -0.441. The fraction of sp³-hybridized carbons (Fsp3) is 0.349. The molecular formula is C43H50N2O2. The Labute approximate surface area is 282 Å². The van der Waals surface area contributed by atoms with Crippen molar-refractivity contribution in [1.29, 1.82) is 0 Å². The van der Waals surface area contributed by atoms with Crippen LogP contribution in [0.5, 0.6) is 0 Å². The summed E-state index contributed by atoms with van der Waals surface area (Å²) in [5.41, 5.74) is 12.7. The lowest BCUT2D eigenvalue weighted by Crippen LogP contribution is -2.30. The van der Waals surface area contributed by atoms with Crippen molar-refractivity contribution in [2.75, 3.05) is 18.0 Å². The van der Waals surface area contributed by atoms with Crippen LogP contribution in [-0.4, -0.2) is 29.2 Å². The lowest BCUT2D eigenvalue weighted by atomic mass is 9.80. The molecule has 0 bridgehead atoms. The van der Waals surface area contributed by atoms with E-state index in [2.05, 4.69) is 102 Å². The van der Waals surface area contributed by atoms with E-state index in [9.17, 15) is 9.90 Å². The maximum absolute atomic E-state index is 13.5. The van der Waals surface area contributed by atoms with E-state index in [4.69, 9.17) is 0 Å². The second kappa shape index (κ2) is 14.1. The Balaban J connectivity index is 1.44.